The largest absolute Gasteiger partial charge is 0.491 e. The number of para-hydroxylation sites is 1. The van der Waals surface area contributed by atoms with Crippen LogP contribution in [0.5, 0.6) is 5.75 Å². The fraction of sp³-hybridized carbons (Fsp3) is 0.667. The van der Waals surface area contributed by atoms with Crippen LogP contribution in [0.4, 0.5) is 0 Å². The normalized spacial score (nSPS) is 18.1. The molecule has 1 aliphatic rings. The molecule has 1 fully saturated rings. The van der Waals surface area contributed by atoms with Crippen LogP contribution >= 0.6 is 0 Å². The quantitative estimate of drug-likeness (QED) is 0.751. The molecule has 1 N–H and O–H groups in total. The van der Waals surface area contributed by atoms with E-state index in [1.54, 1.807) is 0 Å². The molecule has 1 aliphatic carbocycles. The van der Waals surface area contributed by atoms with E-state index >= 15 is 0 Å². The maximum atomic E-state index is 6.02. The van der Waals surface area contributed by atoms with Gasteiger partial charge in [-0.15, -0.1) is 0 Å². The van der Waals surface area contributed by atoms with E-state index < -0.39 is 0 Å². The van der Waals surface area contributed by atoms with Crippen molar-refractivity contribution in [3.05, 3.63) is 29.8 Å². The molecule has 112 valence electrons. The Bertz CT molecular complexity index is 412. The zero-order valence-electron chi connectivity index (χ0n) is 13.4. The van der Waals surface area contributed by atoms with Crippen molar-refractivity contribution in [3.8, 4) is 5.75 Å². The van der Waals surface area contributed by atoms with Crippen LogP contribution in [0, 0.1) is 11.8 Å². The van der Waals surface area contributed by atoms with E-state index in [9.17, 15) is 0 Å². The average Bonchev–Trinajstić information content (AvgIpc) is 3.24. The van der Waals surface area contributed by atoms with Crippen molar-refractivity contribution in [2.24, 2.45) is 11.8 Å². The van der Waals surface area contributed by atoms with Gasteiger partial charge in [0.2, 0.25) is 0 Å². The van der Waals surface area contributed by atoms with Gasteiger partial charge in [-0.05, 0) is 57.6 Å². The second kappa shape index (κ2) is 7.12. The van der Waals surface area contributed by atoms with Crippen LogP contribution < -0.4 is 10.1 Å². The number of ether oxygens (including phenoxy) is 1. The molecular formula is C18H29NO. The predicted molar refractivity (Wildman–Crippen MR) is 85.1 cm³/mol. The molecular weight excluding hydrogens is 246 g/mol. The Morgan fingerprint density at radius 3 is 2.50 bits per heavy atom. The Morgan fingerprint density at radius 2 is 1.90 bits per heavy atom. The van der Waals surface area contributed by atoms with Crippen LogP contribution in [-0.4, -0.2) is 12.6 Å². The van der Waals surface area contributed by atoms with Gasteiger partial charge in [0, 0.05) is 11.6 Å². The highest BCUT2D eigenvalue weighted by Crippen LogP contribution is 2.44. The molecule has 0 spiro atoms. The molecule has 2 rings (SSSR count). The third kappa shape index (κ3) is 3.99. The minimum absolute atomic E-state index is 0.221. The summed E-state index contributed by atoms with van der Waals surface area (Å²) in [5, 5.41) is 3.74. The molecule has 2 atom stereocenters. The number of rotatable bonds is 8. The first-order valence-electron chi connectivity index (χ1n) is 8.12. The molecule has 1 aromatic rings. The third-order valence-corrected chi connectivity index (χ3v) is 4.12. The molecule has 1 aromatic carbocycles. The molecule has 2 nitrogen and oxygen atoms in total. The van der Waals surface area contributed by atoms with E-state index in [0.29, 0.717) is 12.0 Å². The zero-order chi connectivity index (χ0) is 14.5. The SMILES string of the molecule is CCCNC(c1ccccc1OC(C)C)C(C)C1CC1. The third-order valence-electron chi connectivity index (χ3n) is 4.12. The summed E-state index contributed by atoms with van der Waals surface area (Å²) in [4.78, 5) is 0. The van der Waals surface area contributed by atoms with Gasteiger partial charge in [0.05, 0.1) is 6.10 Å². The van der Waals surface area contributed by atoms with Crippen LogP contribution in [0.15, 0.2) is 24.3 Å². The van der Waals surface area contributed by atoms with E-state index in [-0.39, 0.29) is 6.10 Å². The van der Waals surface area contributed by atoms with Crippen molar-refractivity contribution in [2.75, 3.05) is 6.54 Å². The summed E-state index contributed by atoms with van der Waals surface area (Å²) >= 11 is 0. The lowest BCUT2D eigenvalue weighted by Gasteiger charge is -2.28. The summed E-state index contributed by atoms with van der Waals surface area (Å²) < 4.78 is 6.02. The van der Waals surface area contributed by atoms with Crippen molar-refractivity contribution < 1.29 is 4.74 Å². The lowest BCUT2D eigenvalue weighted by Crippen LogP contribution is -2.29. The Labute approximate surface area is 123 Å². The first-order valence-corrected chi connectivity index (χ1v) is 8.12. The molecule has 0 aliphatic heterocycles. The highest BCUT2D eigenvalue weighted by Gasteiger charge is 2.34. The first-order chi connectivity index (χ1) is 9.63. The molecule has 1 saturated carbocycles. The van der Waals surface area contributed by atoms with Gasteiger partial charge in [-0.25, -0.2) is 0 Å². The summed E-state index contributed by atoms with van der Waals surface area (Å²) in [6.07, 6.45) is 4.16. The lowest BCUT2D eigenvalue weighted by atomic mass is 9.90. The van der Waals surface area contributed by atoms with E-state index in [0.717, 1.165) is 18.2 Å². The predicted octanol–water partition coefficient (Wildman–Crippen LogP) is 4.56. The van der Waals surface area contributed by atoms with Gasteiger partial charge in [0.1, 0.15) is 5.75 Å². The molecule has 2 heteroatoms. The Morgan fingerprint density at radius 1 is 1.20 bits per heavy atom. The summed E-state index contributed by atoms with van der Waals surface area (Å²) in [5.41, 5.74) is 1.33. The van der Waals surface area contributed by atoms with Gasteiger partial charge in [-0.3, -0.25) is 0 Å². The molecule has 0 heterocycles. The number of hydrogen-bond acceptors (Lipinski definition) is 2. The second-order valence-electron chi connectivity index (χ2n) is 6.33. The van der Waals surface area contributed by atoms with Gasteiger partial charge in [0.15, 0.2) is 0 Å². The van der Waals surface area contributed by atoms with Crippen molar-refractivity contribution in [2.45, 2.75) is 59.1 Å². The zero-order valence-corrected chi connectivity index (χ0v) is 13.4. The molecule has 0 bridgehead atoms. The number of hydrogen-bond donors (Lipinski definition) is 1. The van der Waals surface area contributed by atoms with Gasteiger partial charge < -0.3 is 10.1 Å². The fourth-order valence-electron chi connectivity index (χ4n) is 2.87. The molecule has 0 saturated heterocycles. The van der Waals surface area contributed by atoms with Gasteiger partial charge in [-0.1, -0.05) is 32.0 Å². The number of benzene rings is 1. The van der Waals surface area contributed by atoms with Crippen LogP contribution in [0.2, 0.25) is 0 Å². The van der Waals surface area contributed by atoms with Crippen LogP contribution in [0.25, 0.3) is 0 Å². The first kappa shape index (κ1) is 15.4. The summed E-state index contributed by atoms with van der Waals surface area (Å²) in [6.45, 7) is 9.86. The van der Waals surface area contributed by atoms with Gasteiger partial charge in [0.25, 0.3) is 0 Å². The van der Waals surface area contributed by atoms with Crippen LogP contribution in [-0.2, 0) is 0 Å². The van der Waals surface area contributed by atoms with Crippen LogP contribution in [0.1, 0.15) is 58.6 Å². The number of nitrogens with one attached hydrogen (secondary N) is 1. The van der Waals surface area contributed by atoms with E-state index in [4.69, 9.17) is 4.74 Å². The Balaban J connectivity index is 2.22. The highest BCUT2D eigenvalue weighted by molar-refractivity contribution is 5.36. The van der Waals surface area contributed by atoms with E-state index in [1.807, 2.05) is 0 Å². The molecule has 20 heavy (non-hydrogen) atoms. The monoisotopic (exact) mass is 275 g/mol. The van der Waals surface area contributed by atoms with Crippen molar-refractivity contribution in [1.82, 2.24) is 5.32 Å². The average molecular weight is 275 g/mol. The highest BCUT2D eigenvalue weighted by atomic mass is 16.5. The summed E-state index contributed by atoms with van der Waals surface area (Å²) in [6, 6.07) is 8.94. The maximum Gasteiger partial charge on any atom is 0.124 e. The van der Waals surface area contributed by atoms with Gasteiger partial charge >= 0.3 is 0 Å². The minimum Gasteiger partial charge on any atom is -0.491 e. The Kier molecular flexibility index (Phi) is 5.47. The smallest absolute Gasteiger partial charge is 0.124 e. The Hall–Kier alpha value is -1.02. The molecule has 2 unspecified atom stereocenters. The van der Waals surface area contributed by atoms with Gasteiger partial charge in [-0.2, -0.15) is 0 Å². The van der Waals surface area contributed by atoms with E-state index in [2.05, 4.69) is 57.3 Å². The summed E-state index contributed by atoms with van der Waals surface area (Å²) in [7, 11) is 0. The standard InChI is InChI=1S/C18H29NO/c1-5-12-19-18(14(4)15-10-11-15)16-8-6-7-9-17(16)20-13(2)3/h6-9,13-15,18-19H,5,10-12H2,1-4H3. The van der Waals surface area contributed by atoms with Crippen molar-refractivity contribution in [1.29, 1.82) is 0 Å². The fourth-order valence-corrected chi connectivity index (χ4v) is 2.87. The topological polar surface area (TPSA) is 21.3 Å². The van der Waals surface area contributed by atoms with Crippen molar-refractivity contribution in [3.63, 3.8) is 0 Å². The minimum atomic E-state index is 0.221. The lowest BCUT2D eigenvalue weighted by molar-refractivity contribution is 0.233. The van der Waals surface area contributed by atoms with Crippen molar-refractivity contribution >= 4 is 0 Å². The second-order valence-corrected chi connectivity index (χ2v) is 6.33. The summed E-state index contributed by atoms with van der Waals surface area (Å²) in [5.74, 6) is 2.61. The molecule has 0 aromatic heterocycles. The molecule has 0 amide bonds. The van der Waals surface area contributed by atoms with E-state index in [1.165, 1.54) is 24.8 Å². The van der Waals surface area contributed by atoms with Crippen LogP contribution in [0.3, 0.4) is 0 Å². The molecule has 0 radical (unpaired) electrons. The maximum absolute atomic E-state index is 6.02.